The predicted octanol–water partition coefficient (Wildman–Crippen LogP) is 4.89. The second-order valence-corrected chi connectivity index (χ2v) is 7.39. The Morgan fingerprint density at radius 3 is 2.79 bits per heavy atom. The zero-order valence-electron chi connectivity index (χ0n) is 16.1. The number of ether oxygens (including phenoxy) is 2. The Morgan fingerprint density at radius 2 is 2.07 bits per heavy atom. The third-order valence-corrected chi connectivity index (χ3v) is 4.52. The van der Waals surface area contributed by atoms with Gasteiger partial charge in [-0.25, -0.2) is 4.98 Å². The molecule has 0 bridgehead atoms. The SMILES string of the molecule is CCOc1cc(C(=O)Nc2nc(-c3cccnc3)cs2)ccc1OCC(C)C. The minimum absolute atomic E-state index is 0.247. The molecule has 3 aromatic rings. The highest BCUT2D eigenvalue weighted by Crippen LogP contribution is 2.30. The van der Waals surface area contributed by atoms with E-state index in [1.54, 1.807) is 30.6 Å². The van der Waals surface area contributed by atoms with Crippen molar-refractivity contribution in [3.63, 3.8) is 0 Å². The van der Waals surface area contributed by atoms with Crippen LogP contribution in [0.4, 0.5) is 5.13 Å². The smallest absolute Gasteiger partial charge is 0.257 e. The number of hydrogen-bond acceptors (Lipinski definition) is 6. The molecule has 28 heavy (non-hydrogen) atoms. The van der Waals surface area contributed by atoms with Gasteiger partial charge in [0.05, 0.1) is 18.9 Å². The molecule has 0 aliphatic rings. The van der Waals surface area contributed by atoms with Gasteiger partial charge >= 0.3 is 0 Å². The number of carbonyl (C=O) groups excluding carboxylic acids is 1. The number of nitrogens with zero attached hydrogens (tertiary/aromatic N) is 2. The van der Waals surface area contributed by atoms with E-state index in [2.05, 4.69) is 29.1 Å². The summed E-state index contributed by atoms with van der Waals surface area (Å²) in [7, 11) is 0. The Kier molecular flexibility index (Phi) is 6.60. The van der Waals surface area contributed by atoms with Crippen molar-refractivity contribution < 1.29 is 14.3 Å². The lowest BCUT2D eigenvalue weighted by atomic mass is 10.2. The quantitative estimate of drug-likeness (QED) is 0.586. The standard InChI is InChI=1S/C21H23N3O3S/c1-4-26-19-10-15(7-8-18(19)27-12-14(2)3)20(25)24-21-23-17(13-28-21)16-6-5-9-22-11-16/h5-11,13-14H,4,12H2,1-3H3,(H,23,24,25). The van der Waals surface area contributed by atoms with Crippen LogP contribution in [0, 0.1) is 5.92 Å². The second kappa shape index (κ2) is 9.32. The fourth-order valence-corrected chi connectivity index (χ4v) is 3.16. The third kappa shape index (κ3) is 5.07. The van der Waals surface area contributed by atoms with Gasteiger partial charge in [0.2, 0.25) is 0 Å². The van der Waals surface area contributed by atoms with Crippen molar-refractivity contribution in [1.29, 1.82) is 0 Å². The minimum Gasteiger partial charge on any atom is -0.490 e. The third-order valence-electron chi connectivity index (χ3n) is 3.76. The van der Waals surface area contributed by atoms with Crippen molar-refractivity contribution in [3.8, 4) is 22.8 Å². The summed E-state index contributed by atoms with van der Waals surface area (Å²) in [6.45, 7) is 7.13. The van der Waals surface area contributed by atoms with Crippen LogP contribution in [-0.4, -0.2) is 29.1 Å². The summed E-state index contributed by atoms with van der Waals surface area (Å²) in [5.41, 5.74) is 2.17. The highest BCUT2D eigenvalue weighted by Gasteiger charge is 2.14. The van der Waals surface area contributed by atoms with Crippen molar-refractivity contribution in [3.05, 3.63) is 53.7 Å². The lowest BCUT2D eigenvalue weighted by molar-refractivity contribution is 0.102. The molecule has 1 N–H and O–H groups in total. The maximum atomic E-state index is 12.6. The molecule has 6 nitrogen and oxygen atoms in total. The molecular formula is C21H23N3O3S. The van der Waals surface area contributed by atoms with Gasteiger partial charge in [-0.2, -0.15) is 0 Å². The van der Waals surface area contributed by atoms with Gasteiger partial charge in [-0.3, -0.25) is 15.1 Å². The van der Waals surface area contributed by atoms with Crippen LogP contribution in [0.1, 0.15) is 31.1 Å². The van der Waals surface area contributed by atoms with Crippen molar-refractivity contribution >= 4 is 22.4 Å². The fourth-order valence-electron chi connectivity index (χ4n) is 2.44. The zero-order chi connectivity index (χ0) is 19.9. The van der Waals surface area contributed by atoms with Crippen LogP contribution in [0.2, 0.25) is 0 Å². The van der Waals surface area contributed by atoms with Gasteiger partial charge in [-0.05, 0) is 43.2 Å². The Labute approximate surface area is 168 Å². The average molecular weight is 398 g/mol. The van der Waals surface area contributed by atoms with Gasteiger partial charge in [0, 0.05) is 28.9 Å². The summed E-state index contributed by atoms with van der Waals surface area (Å²) in [6, 6.07) is 8.97. The van der Waals surface area contributed by atoms with Crippen LogP contribution in [0.5, 0.6) is 11.5 Å². The van der Waals surface area contributed by atoms with Gasteiger partial charge in [0.1, 0.15) is 0 Å². The van der Waals surface area contributed by atoms with E-state index in [4.69, 9.17) is 9.47 Å². The molecule has 2 aromatic heterocycles. The first-order chi connectivity index (χ1) is 13.6. The molecule has 0 aliphatic heterocycles. The number of pyridine rings is 1. The van der Waals surface area contributed by atoms with E-state index in [0.717, 1.165) is 11.3 Å². The second-order valence-electron chi connectivity index (χ2n) is 6.53. The Bertz CT molecular complexity index is 926. The first-order valence-electron chi connectivity index (χ1n) is 9.13. The molecular weight excluding hydrogens is 374 g/mol. The van der Waals surface area contributed by atoms with Crippen LogP contribution < -0.4 is 14.8 Å². The largest absolute Gasteiger partial charge is 0.490 e. The van der Waals surface area contributed by atoms with Crippen LogP contribution >= 0.6 is 11.3 Å². The molecule has 0 saturated heterocycles. The number of rotatable bonds is 8. The van der Waals surface area contributed by atoms with Crippen molar-refractivity contribution in [2.24, 2.45) is 5.92 Å². The molecule has 1 aromatic carbocycles. The molecule has 0 atom stereocenters. The predicted molar refractivity (Wildman–Crippen MR) is 111 cm³/mol. The molecule has 1 amide bonds. The van der Waals surface area contributed by atoms with Crippen molar-refractivity contribution in [2.45, 2.75) is 20.8 Å². The fraction of sp³-hybridized carbons (Fsp3) is 0.286. The molecule has 2 heterocycles. The lowest BCUT2D eigenvalue weighted by Crippen LogP contribution is -2.12. The molecule has 0 radical (unpaired) electrons. The van der Waals surface area contributed by atoms with E-state index in [1.165, 1.54) is 11.3 Å². The molecule has 0 spiro atoms. The van der Waals surface area contributed by atoms with E-state index >= 15 is 0 Å². The van der Waals surface area contributed by atoms with E-state index in [-0.39, 0.29) is 5.91 Å². The molecule has 0 unspecified atom stereocenters. The minimum atomic E-state index is -0.247. The van der Waals surface area contributed by atoms with Gasteiger partial charge in [0.15, 0.2) is 16.6 Å². The molecule has 0 fully saturated rings. The van der Waals surface area contributed by atoms with Crippen LogP contribution in [-0.2, 0) is 0 Å². The maximum absolute atomic E-state index is 12.6. The summed E-state index contributed by atoms with van der Waals surface area (Å²) in [4.78, 5) is 21.2. The summed E-state index contributed by atoms with van der Waals surface area (Å²) in [6.07, 6.45) is 3.45. The Hall–Kier alpha value is -2.93. The number of benzene rings is 1. The molecule has 0 saturated carbocycles. The van der Waals surface area contributed by atoms with Gasteiger partial charge in [-0.1, -0.05) is 13.8 Å². The highest BCUT2D eigenvalue weighted by atomic mass is 32.1. The number of hydrogen-bond donors (Lipinski definition) is 1. The molecule has 7 heteroatoms. The summed E-state index contributed by atoms with van der Waals surface area (Å²) in [5, 5.41) is 5.26. The van der Waals surface area contributed by atoms with Gasteiger partial charge in [0.25, 0.3) is 5.91 Å². The number of nitrogens with one attached hydrogen (secondary N) is 1. The van der Waals surface area contributed by atoms with Crippen molar-refractivity contribution in [1.82, 2.24) is 9.97 Å². The normalized spacial score (nSPS) is 10.7. The van der Waals surface area contributed by atoms with Crippen LogP contribution in [0.3, 0.4) is 0 Å². The number of carbonyl (C=O) groups is 1. The molecule has 0 aliphatic carbocycles. The molecule has 146 valence electrons. The van der Waals surface area contributed by atoms with Gasteiger partial charge in [-0.15, -0.1) is 11.3 Å². The Balaban J connectivity index is 1.73. The van der Waals surface area contributed by atoms with Crippen LogP contribution in [0.15, 0.2) is 48.1 Å². The lowest BCUT2D eigenvalue weighted by Gasteiger charge is -2.14. The number of aromatic nitrogens is 2. The van der Waals surface area contributed by atoms with Gasteiger partial charge < -0.3 is 9.47 Å². The number of anilines is 1. The average Bonchev–Trinajstić information content (AvgIpc) is 3.16. The number of amides is 1. The molecule has 3 rings (SSSR count). The highest BCUT2D eigenvalue weighted by molar-refractivity contribution is 7.14. The Morgan fingerprint density at radius 1 is 1.21 bits per heavy atom. The maximum Gasteiger partial charge on any atom is 0.257 e. The van der Waals surface area contributed by atoms with E-state index in [1.807, 2.05) is 24.4 Å². The number of thiazole rings is 1. The van der Waals surface area contributed by atoms with E-state index < -0.39 is 0 Å². The summed E-state index contributed by atoms with van der Waals surface area (Å²) < 4.78 is 11.4. The summed E-state index contributed by atoms with van der Waals surface area (Å²) in [5.74, 6) is 1.35. The first kappa shape index (κ1) is 19.8. The van der Waals surface area contributed by atoms with E-state index in [0.29, 0.717) is 41.3 Å². The first-order valence-corrected chi connectivity index (χ1v) is 10.0. The topological polar surface area (TPSA) is 73.3 Å². The zero-order valence-corrected chi connectivity index (χ0v) is 17.0. The van der Waals surface area contributed by atoms with Crippen LogP contribution in [0.25, 0.3) is 11.3 Å². The van der Waals surface area contributed by atoms with E-state index in [9.17, 15) is 4.79 Å². The summed E-state index contributed by atoms with van der Waals surface area (Å²) >= 11 is 1.37. The monoisotopic (exact) mass is 397 g/mol. The van der Waals surface area contributed by atoms with Crippen molar-refractivity contribution in [2.75, 3.05) is 18.5 Å².